The quantitative estimate of drug-likeness (QED) is 0.309. The van der Waals surface area contributed by atoms with Crippen LogP contribution < -0.4 is 0 Å². The Morgan fingerprint density at radius 1 is 0.792 bits per heavy atom. The van der Waals surface area contributed by atoms with Gasteiger partial charge in [0.1, 0.15) is 28.5 Å². The number of benzene rings is 1. The molecule has 2 N–H and O–H groups in total. The summed E-state index contributed by atoms with van der Waals surface area (Å²) in [7, 11) is 3.28. The first-order valence-corrected chi connectivity index (χ1v) is 16.1. The molecule has 2 saturated heterocycles. The first-order chi connectivity index (χ1) is 22.6. The first-order valence-electron chi connectivity index (χ1n) is 16.1. The van der Waals surface area contributed by atoms with Gasteiger partial charge in [0.05, 0.1) is 55.5 Å². The molecule has 0 saturated carbocycles. The Balaban J connectivity index is 1.25. The van der Waals surface area contributed by atoms with E-state index in [4.69, 9.17) is 18.9 Å². The van der Waals surface area contributed by atoms with Crippen molar-refractivity contribution < 1.29 is 28.5 Å². The van der Waals surface area contributed by atoms with Crippen LogP contribution in [-0.4, -0.2) is 92.6 Å². The summed E-state index contributed by atoms with van der Waals surface area (Å²) in [6.07, 6.45) is 3.60. The lowest BCUT2D eigenvalue weighted by atomic mass is 10.0. The van der Waals surface area contributed by atoms with Crippen molar-refractivity contribution in [3.63, 3.8) is 0 Å². The van der Waals surface area contributed by atoms with Crippen molar-refractivity contribution in [2.75, 3.05) is 27.3 Å². The van der Waals surface area contributed by atoms with Crippen LogP contribution in [0.2, 0.25) is 0 Å². The van der Waals surface area contributed by atoms with Crippen molar-refractivity contribution in [3.8, 4) is 11.8 Å². The molecule has 5 rings (SSSR count). The van der Waals surface area contributed by atoms with E-state index < -0.39 is 23.4 Å². The molecule has 0 bridgehead atoms. The van der Waals surface area contributed by atoms with Crippen LogP contribution in [0.3, 0.4) is 0 Å². The zero-order valence-corrected chi connectivity index (χ0v) is 29.0. The van der Waals surface area contributed by atoms with E-state index in [0.717, 1.165) is 22.4 Å². The predicted octanol–water partition coefficient (Wildman–Crippen LogP) is 5.99. The first kappa shape index (κ1) is 34.7. The van der Waals surface area contributed by atoms with Gasteiger partial charge in [0.25, 0.3) is 0 Å². The monoisotopic (exact) mass is 658 g/mol. The van der Waals surface area contributed by atoms with Gasteiger partial charge in [0.15, 0.2) is 0 Å². The number of hydrogen-bond donors (Lipinski definition) is 2. The number of rotatable bonds is 6. The highest BCUT2D eigenvalue weighted by Gasteiger charge is 2.41. The Morgan fingerprint density at radius 2 is 1.29 bits per heavy atom. The van der Waals surface area contributed by atoms with E-state index in [-0.39, 0.29) is 24.3 Å². The summed E-state index contributed by atoms with van der Waals surface area (Å²) >= 11 is 0. The molecule has 12 nitrogen and oxygen atoms in total. The average molecular weight is 659 g/mol. The van der Waals surface area contributed by atoms with Gasteiger partial charge in [0, 0.05) is 32.6 Å². The zero-order chi connectivity index (χ0) is 34.8. The van der Waals surface area contributed by atoms with Gasteiger partial charge in [-0.05, 0) is 70.7 Å². The number of imidazole rings is 2. The lowest BCUT2D eigenvalue weighted by Crippen LogP contribution is -2.37. The second kappa shape index (κ2) is 13.9. The Morgan fingerprint density at radius 3 is 1.79 bits per heavy atom. The third-order valence-electron chi connectivity index (χ3n) is 8.17. The Hall–Kier alpha value is -4.60. The number of aromatic amines is 2. The Bertz CT molecular complexity index is 1690. The SMILES string of the molecule is C=C(c1ccc(C#Cc2cnc([C@@H]3C[C@H](OC)CN3C(=O)OC(C)(C)C)[nH]2)cc1)c1cnc([C@@H]2C[C@H](OC)CN2C(=O)OC(C)(C)C)[nH]1. The predicted molar refractivity (Wildman–Crippen MR) is 180 cm³/mol. The van der Waals surface area contributed by atoms with Gasteiger partial charge >= 0.3 is 12.2 Å². The number of amides is 2. The molecule has 2 aromatic heterocycles. The van der Waals surface area contributed by atoms with E-state index in [9.17, 15) is 9.59 Å². The number of nitrogens with zero attached hydrogens (tertiary/aromatic N) is 4. The topological polar surface area (TPSA) is 135 Å². The molecule has 48 heavy (non-hydrogen) atoms. The molecule has 4 heterocycles. The molecule has 0 spiro atoms. The van der Waals surface area contributed by atoms with Crippen LogP contribution in [0.25, 0.3) is 5.57 Å². The molecule has 4 atom stereocenters. The molecule has 12 heteroatoms. The number of nitrogens with one attached hydrogen (secondary N) is 2. The maximum atomic E-state index is 13.0. The summed E-state index contributed by atoms with van der Waals surface area (Å²) in [6, 6.07) is 7.16. The third-order valence-corrected chi connectivity index (χ3v) is 8.17. The van der Waals surface area contributed by atoms with Crippen LogP contribution in [-0.2, 0) is 18.9 Å². The van der Waals surface area contributed by atoms with Crippen LogP contribution in [0.1, 0.15) is 101 Å². The normalized spacial score (nSPS) is 21.2. The van der Waals surface area contributed by atoms with Crippen molar-refractivity contribution in [1.29, 1.82) is 0 Å². The number of carbonyl (C=O) groups is 2. The summed E-state index contributed by atoms with van der Waals surface area (Å²) in [5.74, 6) is 7.61. The Kier molecular flexibility index (Phi) is 10.0. The Labute approximate surface area is 282 Å². The minimum atomic E-state index is -0.609. The van der Waals surface area contributed by atoms with Crippen molar-refractivity contribution in [2.45, 2.75) is 89.9 Å². The van der Waals surface area contributed by atoms with Crippen LogP contribution in [0.4, 0.5) is 9.59 Å². The molecule has 3 aromatic rings. The number of ether oxygens (including phenoxy) is 4. The van der Waals surface area contributed by atoms with E-state index >= 15 is 0 Å². The number of carbonyl (C=O) groups excluding carboxylic acids is 2. The van der Waals surface area contributed by atoms with Gasteiger partial charge in [-0.2, -0.15) is 0 Å². The highest BCUT2D eigenvalue weighted by Crippen LogP contribution is 2.35. The van der Waals surface area contributed by atoms with E-state index in [0.29, 0.717) is 43.3 Å². The van der Waals surface area contributed by atoms with Crippen molar-refractivity contribution in [1.82, 2.24) is 29.7 Å². The summed E-state index contributed by atoms with van der Waals surface area (Å²) in [4.78, 5) is 44.9. The molecule has 0 aliphatic carbocycles. The van der Waals surface area contributed by atoms with Crippen LogP contribution >= 0.6 is 0 Å². The number of H-pyrrole nitrogens is 2. The van der Waals surface area contributed by atoms with E-state index in [1.807, 2.05) is 65.8 Å². The summed E-state index contributed by atoms with van der Waals surface area (Å²) in [5.41, 5.74) is 2.65. The van der Waals surface area contributed by atoms with Gasteiger partial charge in [-0.3, -0.25) is 9.80 Å². The zero-order valence-electron chi connectivity index (χ0n) is 29.0. The van der Waals surface area contributed by atoms with Crippen LogP contribution in [0.15, 0.2) is 43.2 Å². The highest BCUT2D eigenvalue weighted by molar-refractivity contribution is 5.76. The molecular formula is C36H46N6O6. The van der Waals surface area contributed by atoms with E-state index in [2.05, 4.69) is 38.4 Å². The smallest absolute Gasteiger partial charge is 0.411 e. The minimum absolute atomic E-state index is 0.110. The second-order valence-electron chi connectivity index (χ2n) is 14.2. The summed E-state index contributed by atoms with van der Waals surface area (Å²) < 4.78 is 22.4. The molecular weight excluding hydrogens is 612 g/mol. The lowest BCUT2D eigenvalue weighted by molar-refractivity contribution is 0.0181. The standard InChI is InChI=1S/C36H46N6O6/c1-22(28-19-38-32(40-28)30-17-27(46-9)21-42(30)34(44)48-36(5,6)7)24-13-10-23(11-14-24)12-15-25-18-37-31(39-25)29-16-26(45-8)20-41(29)33(43)47-35(2,3)4/h10-11,13-14,18-19,26-27,29-30H,1,16-17,20-21H2,2-9H3,(H,37,39)(H,38,40)/t26-,27-,29-,30-/m0/s1. The van der Waals surface area contributed by atoms with E-state index in [1.54, 1.807) is 36.4 Å². The second-order valence-corrected chi connectivity index (χ2v) is 14.2. The molecule has 2 aliphatic heterocycles. The molecule has 2 amide bonds. The maximum Gasteiger partial charge on any atom is 0.411 e. The van der Waals surface area contributed by atoms with Crippen LogP contribution in [0, 0.1) is 11.8 Å². The fourth-order valence-corrected chi connectivity index (χ4v) is 5.78. The largest absolute Gasteiger partial charge is 0.444 e. The summed E-state index contributed by atoms with van der Waals surface area (Å²) in [5, 5.41) is 0. The van der Waals surface area contributed by atoms with Crippen molar-refractivity contribution >= 4 is 17.8 Å². The fraction of sp³-hybridized carbons (Fsp3) is 0.500. The molecule has 256 valence electrons. The number of methoxy groups -OCH3 is 2. The van der Waals surface area contributed by atoms with Gasteiger partial charge in [-0.25, -0.2) is 19.6 Å². The molecule has 2 fully saturated rings. The number of likely N-dealkylation sites (tertiary alicyclic amines) is 2. The fourth-order valence-electron chi connectivity index (χ4n) is 5.78. The van der Waals surface area contributed by atoms with Crippen molar-refractivity contribution in [3.05, 3.63) is 77.4 Å². The third kappa shape index (κ3) is 8.27. The van der Waals surface area contributed by atoms with Gasteiger partial charge in [0.2, 0.25) is 0 Å². The average Bonchev–Trinajstić information content (AvgIpc) is 3.83. The van der Waals surface area contributed by atoms with Gasteiger partial charge in [-0.15, -0.1) is 0 Å². The highest BCUT2D eigenvalue weighted by atomic mass is 16.6. The van der Waals surface area contributed by atoms with Crippen LogP contribution in [0.5, 0.6) is 0 Å². The minimum Gasteiger partial charge on any atom is -0.444 e. The molecule has 2 aliphatic rings. The number of aromatic nitrogens is 4. The van der Waals surface area contributed by atoms with Crippen molar-refractivity contribution in [2.24, 2.45) is 0 Å². The lowest BCUT2D eigenvalue weighted by Gasteiger charge is -2.27. The molecule has 0 radical (unpaired) electrons. The van der Waals surface area contributed by atoms with E-state index in [1.165, 1.54) is 0 Å². The molecule has 1 aromatic carbocycles. The van der Waals surface area contributed by atoms with Gasteiger partial charge < -0.3 is 28.9 Å². The maximum absolute atomic E-state index is 13.0. The number of hydrogen-bond acceptors (Lipinski definition) is 8. The summed E-state index contributed by atoms with van der Waals surface area (Å²) in [6.45, 7) is 16.2. The van der Waals surface area contributed by atoms with Gasteiger partial charge in [-0.1, -0.05) is 24.6 Å². The molecule has 0 unspecified atom stereocenters.